The van der Waals surface area contributed by atoms with Crippen molar-refractivity contribution in [2.75, 3.05) is 6.26 Å². The molecule has 0 radical (unpaired) electrons. The van der Waals surface area contributed by atoms with Gasteiger partial charge in [0.15, 0.2) is 16.5 Å². The van der Waals surface area contributed by atoms with Crippen LogP contribution in [-0.2, 0) is 12.4 Å². The van der Waals surface area contributed by atoms with E-state index in [1.165, 1.54) is 0 Å². The second-order valence-corrected chi connectivity index (χ2v) is 5.81. The molecule has 0 saturated carbocycles. The monoisotopic (exact) mass is 444 g/mol. The molecule has 0 atom stereocenters. The van der Waals surface area contributed by atoms with Crippen molar-refractivity contribution in [2.45, 2.75) is 17.5 Å². The smallest absolute Gasteiger partial charge is 0.230 e. The third-order valence-electron chi connectivity index (χ3n) is 2.16. The maximum Gasteiger partial charge on any atom is 0.435 e. The van der Waals surface area contributed by atoms with Gasteiger partial charge in [-0.25, -0.2) is 19.9 Å². The fourth-order valence-corrected chi connectivity index (χ4v) is 2.06. The van der Waals surface area contributed by atoms with Gasteiger partial charge in [0.1, 0.15) is 0 Å². The normalized spacial score (nSPS) is 11.8. The number of hydrogen-bond donors (Lipinski definition) is 0. The Morgan fingerprint density at radius 3 is 1.64 bits per heavy atom. The lowest BCUT2D eigenvalue weighted by Gasteiger charge is -2.07. The fourth-order valence-electron chi connectivity index (χ4n) is 1.19. The van der Waals surface area contributed by atoms with Crippen LogP contribution < -0.4 is 0 Å². The van der Waals surface area contributed by atoms with E-state index in [1.807, 2.05) is 0 Å². The van der Waals surface area contributed by atoms with Crippen molar-refractivity contribution in [1.82, 2.24) is 19.9 Å². The van der Waals surface area contributed by atoms with Gasteiger partial charge in [-0.1, -0.05) is 35.0 Å². The van der Waals surface area contributed by atoms with Crippen LogP contribution in [0.4, 0.5) is 26.3 Å². The molecule has 2 heterocycles. The van der Waals surface area contributed by atoms with Crippen LogP contribution in [0.15, 0.2) is 17.6 Å². The van der Waals surface area contributed by atoms with Gasteiger partial charge in [0.05, 0.1) is 22.4 Å². The molecule has 0 N–H and O–H groups in total. The molecule has 2 aromatic rings. The molecular formula is C11H5Cl3F6N4S. The van der Waals surface area contributed by atoms with Gasteiger partial charge >= 0.3 is 12.4 Å². The summed E-state index contributed by atoms with van der Waals surface area (Å²) in [6.07, 6.45) is -5.78. The van der Waals surface area contributed by atoms with Crippen molar-refractivity contribution in [1.29, 1.82) is 0 Å². The van der Waals surface area contributed by atoms with Crippen LogP contribution in [0, 0.1) is 0 Å². The zero-order valence-electron chi connectivity index (χ0n) is 11.8. The van der Waals surface area contributed by atoms with E-state index in [1.54, 1.807) is 6.26 Å². The molecule has 0 bridgehead atoms. The molecule has 0 saturated heterocycles. The summed E-state index contributed by atoms with van der Waals surface area (Å²) in [5, 5.41) is -1.47. The van der Waals surface area contributed by atoms with Crippen LogP contribution in [-0.4, -0.2) is 26.2 Å². The number of nitrogens with zero attached hydrogens (tertiary/aromatic N) is 4. The van der Waals surface area contributed by atoms with Gasteiger partial charge in [-0.05, 0) is 17.9 Å². The van der Waals surface area contributed by atoms with Gasteiger partial charge in [-0.15, -0.1) is 0 Å². The minimum atomic E-state index is -4.59. The van der Waals surface area contributed by atoms with Crippen LogP contribution in [0.25, 0.3) is 0 Å². The lowest BCUT2D eigenvalue weighted by molar-refractivity contribution is -0.142. The van der Waals surface area contributed by atoms with Crippen molar-refractivity contribution in [2.24, 2.45) is 0 Å². The molecule has 138 valence electrons. The molecule has 0 unspecified atom stereocenters. The van der Waals surface area contributed by atoms with Gasteiger partial charge in [0, 0.05) is 0 Å². The molecule has 0 aliphatic heterocycles. The minimum absolute atomic E-state index is 0.0525. The van der Waals surface area contributed by atoms with E-state index in [-0.39, 0.29) is 5.16 Å². The summed E-state index contributed by atoms with van der Waals surface area (Å²) in [5.41, 5.74) is -2.31. The van der Waals surface area contributed by atoms with E-state index in [4.69, 9.17) is 34.8 Å². The third-order valence-corrected chi connectivity index (χ3v) is 3.45. The molecule has 0 aliphatic rings. The molecule has 0 amide bonds. The van der Waals surface area contributed by atoms with E-state index < -0.39 is 39.1 Å². The summed E-state index contributed by atoms with van der Waals surface area (Å²) in [6.45, 7) is 0. The van der Waals surface area contributed by atoms with Crippen LogP contribution in [0.3, 0.4) is 0 Å². The zero-order chi connectivity index (χ0) is 19.4. The summed E-state index contributed by atoms with van der Waals surface area (Å²) in [4.78, 5) is 13.1. The van der Waals surface area contributed by atoms with Crippen molar-refractivity contribution >= 4 is 46.6 Å². The Morgan fingerprint density at radius 2 is 1.24 bits per heavy atom. The number of hydrogen-bond acceptors (Lipinski definition) is 5. The molecule has 2 rings (SSSR count). The third kappa shape index (κ3) is 6.65. The highest BCUT2D eigenvalue weighted by Gasteiger charge is 2.36. The summed E-state index contributed by atoms with van der Waals surface area (Å²) in [7, 11) is 0. The first kappa shape index (κ1) is 22.0. The highest BCUT2D eigenvalue weighted by molar-refractivity contribution is 7.98. The van der Waals surface area contributed by atoms with Crippen molar-refractivity contribution < 1.29 is 26.3 Å². The largest absolute Gasteiger partial charge is 0.435 e. The molecular weight excluding hydrogens is 441 g/mol. The lowest BCUT2D eigenvalue weighted by Crippen LogP contribution is -2.10. The first-order valence-corrected chi connectivity index (χ1v) is 8.11. The molecule has 0 spiro atoms. The van der Waals surface area contributed by atoms with Crippen molar-refractivity contribution in [3.05, 3.63) is 39.1 Å². The standard InChI is InChI=1S/C6H4ClF3N2S.C5HCl2F3N2/c1-13-5-11-2-3(7)4(12-5)6(8,9)10;6-2-1-11-4(7)12-3(2)5(8,9)10/h2H,1H3;1H. The highest BCUT2D eigenvalue weighted by Crippen LogP contribution is 2.34. The maximum atomic E-state index is 12.2. The average molecular weight is 446 g/mol. The summed E-state index contributed by atoms with van der Waals surface area (Å²) in [6, 6.07) is 0. The first-order chi connectivity index (χ1) is 11.4. The van der Waals surface area contributed by atoms with E-state index >= 15 is 0 Å². The van der Waals surface area contributed by atoms with Crippen LogP contribution >= 0.6 is 46.6 Å². The topological polar surface area (TPSA) is 51.6 Å². The van der Waals surface area contributed by atoms with E-state index in [2.05, 4.69) is 19.9 Å². The Bertz CT molecular complexity index is 741. The predicted octanol–water partition coefficient (Wildman–Crippen LogP) is 5.67. The number of halogens is 9. The van der Waals surface area contributed by atoms with E-state index in [0.717, 1.165) is 24.2 Å². The van der Waals surface area contributed by atoms with Gasteiger partial charge in [-0.3, -0.25) is 0 Å². The van der Waals surface area contributed by atoms with Gasteiger partial charge in [0.25, 0.3) is 0 Å². The van der Waals surface area contributed by atoms with Crippen LogP contribution in [0.5, 0.6) is 0 Å². The first-order valence-electron chi connectivity index (χ1n) is 5.75. The zero-order valence-corrected chi connectivity index (χ0v) is 14.8. The molecule has 14 heteroatoms. The maximum absolute atomic E-state index is 12.2. The van der Waals surface area contributed by atoms with E-state index in [9.17, 15) is 26.3 Å². The van der Waals surface area contributed by atoms with Crippen LogP contribution in [0.1, 0.15) is 11.4 Å². The highest BCUT2D eigenvalue weighted by atomic mass is 35.5. The van der Waals surface area contributed by atoms with Gasteiger partial charge in [0.2, 0.25) is 5.28 Å². The van der Waals surface area contributed by atoms with Crippen molar-refractivity contribution in [3.8, 4) is 0 Å². The fraction of sp³-hybridized carbons (Fsp3) is 0.273. The Labute approximate surface area is 155 Å². The van der Waals surface area contributed by atoms with E-state index in [0.29, 0.717) is 0 Å². The van der Waals surface area contributed by atoms with Crippen LogP contribution in [0.2, 0.25) is 15.3 Å². The molecule has 0 fully saturated rings. The summed E-state index contributed by atoms with van der Waals surface area (Å²) < 4.78 is 72.5. The predicted molar refractivity (Wildman–Crippen MR) is 80.9 cm³/mol. The molecule has 25 heavy (non-hydrogen) atoms. The lowest BCUT2D eigenvalue weighted by atomic mass is 10.4. The molecule has 0 aromatic carbocycles. The second kappa shape index (κ2) is 8.56. The molecule has 0 aliphatic carbocycles. The second-order valence-electron chi connectivity index (χ2n) is 3.88. The Hall–Kier alpha value is -1.04. The molecule has 4 nitrogen and oxygen atoms in total. The number of rotatable bonds is 1. The quantitative estimate of drug-likeness (QED) is 0.321. The minimum Gasteiger partial charge on any atom is -0.230 e. The summed E-state index contributed by atoms with van der Waals surface area (Å²) >= 11 is 16.6. The SMILES string of the molecule is CSc1ncc(Cl)c(C(F)(F)F)n1.FC(F)(F)c1nc(Cl)ncc1Cl. The molecule has 2 aromatic heterocycles. The summed E-state index contributed by atoms with van der Waals surface area (Å²) in [5.74, 6) is 0. The average Bonchev–Trinajstić information content (AvgIpc) is 2.48. The Balaban J connectivity index is 0.000000251. The Morgan fingerprint density at radius 1 is 0.800 bits per heavy atom. The Kier molecular flexibility index (Phi) is 7.54. The number of alkyl halides is 6. The van der Waals surface area contributed by atoms with Gasteiger partial charge < -0.3 is 0 Å². The van der Waals surface area contributed by atoms with Crippen molar-refractivity contribution in [3.63, 3.8) is 0 Å². The van der Waals surface area contributed by atoms with Gasteiger partial charge in [-0.2, -0.15) is 26.3 Å². The number of thioether (sulfide) groups is 1. The number of aromatic nitrogens is 4.